The molecule has 0 bridgehead atoms. The molecule has 1 aliphatic carbocycles. The van der Waals surface area contributed by atoms with E-state index in [9.17, 15) is 0 Å². The zero-order valence-corrected chi connectivity index (χ0v) is 11.0. The summed E-state index contributed by atoms with van der Waals surface area (Å²) in [6, 6.07) is 7.84. The lowest BCUT2D eigenvalue weighted by Crippen LogP contribution is -2.16. The number of furan rings is 1. The average Bonchev–Trinajstić information content (AvgIpc) is 3.01. The molecule has 1 aromatic carbocycles. The number of hydrogen-bond acceptors (Lipinski definition) is 5. The van der Waals surface area contributed by atoms with E-state index < -0.39 is 0 Å². The lowest BCUT2D eigenvalue weighted by atomic mass is 10.2. The maximum Gasteiger partial charge on any atom is 0.240 e. The highest BCUT2D eigenvalue weighted by Gasteiger charge is 2.21. The van der Waals surface area contributed by atoms with Crippen LogP contribution in [0.1, 0.15) is 18.7 Å². The Kier molecular flexibility index (Phi) is 2.77. The first kappa shape index (κ1) is 11.7. The van der Waals surface area contributed by atoms with Gasteiger partial charge in [0.15, 0.2) is 0 Å². The molecule has 102 valence electrons. The maximum absolute atomic E-state index is 5.50. The minimum atomic E-state index is 0.582. The lowest BCUT2D eigenvalue weighted by molar-refractivity contribution is 0.367. The van der Waals surface area contributed by atoms with Crippen LogP contribution in [0.3, 0.4) is 0 Å². The van der Waals surface area contributed by atoms with Gasteiger partial charge in [0, 0.05) is 5.39 Å². The number of para-hydroxylation sites is 1. The molecule has 0 atom stereocenters. The molecule has 5 heteroatoms. The quantitative estimate of drug-likeness (QED) is 0.771. The van der Waals surface area contributed by atoms with Crippen LogP contribution in [-0.2, 0) is 6.54 Å². The molecule has 0 radical (unpaired) electrons. The van der Waals surface area contributed by atoms with Gasteiger partial charge in [0.05, 0.1) is 12.1 Å². The molecule has 2 heterocycles. The molecule has 1 saturated carbocycles. The van der Waals surface area contributed by atoms with Crippen LogP contribution in [0.25, 0.3) is 22.4 Å². The van der Waals surface area contributed by atoms with Crippen LogP contribution in [0.15, 0.2) is 39.5 Å². The molecule has 5 nitrogen and oxygen atoms in total. The summed E-state index contributed by atoms with van der Waals surface area (Å²) >= 11 is 0. The number of fused-ring (bicyclic) bond motifs is 1. The van der Waals surface area contributed by atoms with Crippen LogP contribution < -0.4 is 5.32 Å². The molecule has 0 amide bonds. The van der Waals surface area contributed by atoms with E-state index in [0.717, 1.165) is 29.0 Å². The molecule has 1 fully saturated rings. The molecule has 20 heavy (non-hydrogen) atoms. The summed E-state index contributed by atoms with van der Waals surface area (Å²) in [5.74, 6) is 2.04. The third-order valence-electron chi connectivity index (χ3n) is 3.60. The van der Waals surface area contributed by atoms with Crippen molar-refractivity contribution in [1.82, 2.24) is 15.5 Å². The average molecular weight is 269 g/mol. The lowest BCUT2D eigenvalue weighted by Gasteiger charge is -1.97. The predicted molar refractivity (Wildman–Crippen MR) is 73.9 cm³/mol. The number of benzene rings is 1. The summed E-state index contributed by atoms with van der Waals surface area (Å²) in [6.45, 7) is 1.66. The number of nitrogens with zero attached hydrogens (tertiary/aromatic N) is 2. The normalized spacial score (nSPS) is 15.0. The van der Waals surface area contributed by atoms with Crippen LogP contribution >= 0.6 is 0 Å². The van der Waals surface area contributed by atoms with E-state index in [4.69, 9.17) is 8.94 Å². The first-order valence-corrected chi connectivity index (χ1v) is 6.90. The van der Waals surface area contributed by atoms with Gasteiger partial charge in [-0.25, -0.2) is 0 Å². The van der Waals surface area contributed by atoms with Gasteiger partial charge in [-0.3, -0.25) is 0 Å². The summed E-state index contributed by atoms with van der Waals surface area (Å²) in [5.41, 5.74) is 1.71. The summed E-state index contributed by atoms with van der Waals surface area (Å²) < 4.78 is 10.8. The highest BCUT2D eigenvalue weighted by atomic mass is 16.5. The smallest absolute Gasteiger partial charge is 0.240 e. The van der Waals surface area contributed by atoms with Crippen molar-refractivity contribution in [1.29, 1.82) is 0 Å². The maximum atomic E-state index is 5.50. The van der Waals surface area contributed by atoms with Crippen LogP contribution in [0.5, 0.6) is 0 Å². The standard InChI is InChI=1S/C15H15N3O2/c1-2-4-13-11(3-1)12(9-19-13)15-17-14(20-18-15)8-16-7-10-5-6-10/h1-4,9-10,16H,5-8H2. The van der Waals surface area contributed by atoms with Crippen molar-refractivity contribution in [3.63, 3.8) is 0 Å². The van der Waals surface area contributed by atoms with Gasteiger partial charge in [0.2, 0.25) is 11.7 Å². The van der Waals surface area contributed by atoms with E-state index in [1.807, 2.05) is 24.3 Å². The van der Waals surface area contributed by atoms with Crippen LogP contribution in [0, 0.1) is 5.92 Å². The minimum absolute atomic E-state index is 0.582. The first-order chi connectivity index (χ1) is 9.90. The molecule has 0 unspecified atom stereocenters. The Hall–Kier alpha value is -2.14. The first-order valence-electron chi connectivity index (χ1n) is 6.90. The minimum Gasteiger partial charge on any atom is -0.464 e. The molecular weight excluding hydrogens is 254 g/mol. The summed E-state index contributed by atoms with van der Waals surface area (Å²) in [7, 11) is 0. The Morgan fingerprint density at radius 3 is 3.05 bits per heavy atom. The number of hydrogen-bond donors (Lipinski definition) is 1. The number of aromatic nitrogens is 2. The van der Waals surface area contributed by atoms with Gasteiger partial charge in [0.1, 0.15) is 11.8 Å². The highest BCUT2D eigenvalue weighted by molar-refractivity contribution is 5.91. The fraction of sp³-hybridized carbons (Fsp3) is 0.333. The third kappa shape index (κ3) is 2.20. The van der Waals surface area contributed by atoms with Gasteiger partial charge >= 0.3 is 0 Å². The second-order valence-electron chi connectivity index (χ2n) is 5.23. The predicted octanol–water partition coefficient (Wildman–Crippen LogP) is 2.98. The molecule has 3 aromatic rings. The van der Waals surface area contributed by atoms with Crippen molar-refractivity contribution in [3.8, 4) is 11.4 Å². The molecule has 1 N–H and O–H groups in total. The van der Waals surface area contributed by atoms with Crippen LogP contribution in [0.4, 0.5) is 0 Å². The fourth-order valence-electron chi connectivity index (χ4n) is 2.29. The van der Waals surface area contributed by atoms with Crippen molar-refractivity contribution in [2.75, 3.05) is 6.54 Å². The summed E-state index contributed by atoms with van der Waals surface area (Å²) in [5, 5.41) is 8.38. The monoisotopic (exact) mass is 269 g/mol. The van der Waals surface area contributed by atoms with E-state index >= 15 is 0 Å². The number of rotatable bonds is 5. The SMILES string of the molecule is c1ccc2c(-c3noc(CNCC4CC4)n3)coc2c1. The molecule has 4 rings (SSSR count). The molecule has 0 spiro atoms. The van der Waals surface area contributed by atoms with E-state index in [2.05, 4.69) is 15.5 Å². The van der Waals surface area contributed by atoms with Gasteiger partial charge in [-0.1, -0.05) is 23.4 Å². The second-order valence-corrected chi connectivity index (χ2v) is 5.23. The molecular formula is C15H15N3O2. The summed E-state index contributed by atoms with van der Waals surface area (Å²) in [6.07, 6.45) is 4.35. The zero-order chi connectivity index (χ0) is 13.4. The Labute approximate surface area is 116 Å². The third-order valence-corrected chi connectivity index (χ3v) is 3.60. The van der Waals surface area contributed by atoms with Gasteiger partial charge in [0.25, 0.3) is 0 Å². The largest absolute Gasteiger partial charge is 0.464 e. The van der Waals surface area contributed by atoms with E-state index in [0.29, 0.717) is 18.3 Å². The van der Waals surface area contributed by atoms with Crippen LogP contribution in [0.2, 0.25) is 0 Å². The molecule has 1 aliphatic rings. The zero-order valence-electron chi connectivity index (χ0n) is 11.0. The van der Waals surface area contributed by atoms with E-state index in [1.165, 1.54) is 12.8 Å². The van der Waals surface area contributed by atoms with Crippen molar-refractivity contribution < 1.29 is 8.94 Å². The van der Waals surface area contributed by atoms with Gasteiger partial charge in [-0.05, 0) is 31.4 Å². The second kappa shape index (κ2) is 4.76. The molecule has 0 saturated heterocycles. The Morgan fingerprint density at radius 1 is 1.25 bits per heavy atom. The van der Waals surface area contributed by atoms with Crippen LogP contribution in [-0.4, -0.2) is 16.7 Å². The van der Waals surface area contributed by atoms with Gasteiger partial charge in [-0.2, -0.15) is 4.98 Å². The van der Waals surface area contributed by atoms with Crippen molar-refractivity contribution in [2.45, 2.75) is 19.4 Å². The Bertz CT molecular complexity index is 727. The van der Waals surface area contributed by atoms with Crippen molar-refractivity contribution >= 4 is 11.0 Å². The van der Waals surface area contributed by atoms with Gasteiger partial charge < -0.3 is 14.3 Å². The van der Waals surface area contributed by atoms with Gasteiger partial charge in [-0.15, -0.1) is 0 Å². The Balaban J connectivity index is 1.54. The fourth-order valence-corrected chi connectivity index (χ4v) is 2.29. The molecule has 2 aromatic heterocycles. The Morgan fingerprint density at radius 2 is 2.15 bits per heavy atom. The van der Waals surface area contributed by atoms with Crippen molar-refractivity contribution in [2.24, 2.45) is 5.92 Å². The van der Waals surface area contributed by atoms with E-state index in [1.54, 1.807) is 6.26 Å². The topological polar surface area (TPSA) is 64.1 Å². The summed E-state index contributed by atoms with van der Waals surface area (Å²) in [4.78, 5) is 4.42. The van der Waals surface area contributed by atoms with Crippen molar-refractivity contribution in [3.05, 3.63) is 36.4 Å². The molecule has 0 aliphatic heterocycles. The van der Waals surface area contributed by atoms with E-state index in [-0.39, 0.29) is 0 Å². The number of nitrogens with one attached hydrogen (secondary N) is 1. The highest BCUT2D eigenvalue weighted by Crippen LogP contribution is 2.29.